The minimum Gasteiger partial charge on any atom is -0.444 e. The zero-order valence-corrected chi connectivity index (χ0v) is 17.8. The second-order valence-corrected chi connectivity index (χ2v) is 7.55. The monoisotopic (exact) mass is 450 g/mol. The van der Waals surface area contributed by atoms with E-state index in [-0.39, 0.29) is 37.7 Å². The molecule has 8 heteroatoms. The number of rotatable bonds is 7. The standard InChI is InChI=1S/C25H23FN2O5/c26-22-13-20(27-15-21(16-29)33-25(27)31)11-12-23(22)28(14-18-7-3-1-4-8-18)24(30)32-17-19-9-5-2-6-10-19/h1-13,21,29H,14-17H2. The van der Waals surface area contributed by atoms with E-state index in [4.69, 9.17) is 9.47 Å². The summed E-state index contributed by atoms with van der Waals surface area (Å²) in [7, 11) is 0. The number of carbonyl (C=O) groups is 2. The molecule has 3 aromatic carbocycles. The zero-order valence-electron chi connectivity index (χ0n) is 17.8. The number of hydrogen-bond acceptors (Lipinski definition) is 5. The molecule has 1 N–H and O–H groups in total. The van der Waals surface area contributed by atoms with Crippen LogP contribution in [0.2, 0.25) is 0 Å². The minimum atomic E-state index is -0.699. The fourth-order valence-corrected chi connectivity index (χ4v) is 3.52. The summed E-state index contributed by atoms with van der Waals surface area (Å²) in [5.41, 5.74) is 1.90. The Labute approximate surface area is 190 Å². The summed E-state index contributed by atoms with van der Waals surface area (Å²) >= 11 is 0. The first-order valence-electron chi connectivity index (χ1n) is 10.5. The van der Waals surface area contributed by atoms with Crippen molar-refractivity contribution in [2.45, 2.75) is 19.3 Å². The van der Waals surface area contributed by atoms with Gasteiger partial charge in [0.15, 0.2) is 0 Å². The van der Waals surface area contributed by atoms with Crippen molar-refractivity contribution in [3.8, 4) is 0 Å². The molecule has 1 heterocycles. The van der Waals surface area contributed by atoms with Gasteiger partial charge in [0.25, 0.3) is 0 Å². The first kappa shape index (κ1) is 22.3. The molecule has 33 heavy (non-hydrogen) atoms. The third-order valence-electron chi connectivity index (χ3n) is 5.22. The number of carbonyl (C=O) groups excluding carboxylic acids is 2. The smallest absolute Gasteiger partial charge is 0.415 e. The highest BCUT2D eigenvalue weighted by Gasteiger charge is 2.32. The lowest BCUT2D eigenvalue weighted by molar-refractivity contribution is 0.0963. The molecule has 1 atom stereocenters. The molecule has 4 rings (SSSR count). The number of aliphatic hydroxyl groups excluding tert-OH is 1. The fourth-order valence-electron chi connectivity index (χ4n) is 3.52. The van der Waals surface area contributed by atoms with Crippen molar-refractivity contribution in [1.29, 1.82) is 0 Å². The van der Waals surface area contributed by atoms with E-state index in [9.17, 15) is 14.7 Å². The number of ether oxygens (including phenoxy) is 2. The van der Waals surface area contributed by atoms with Crippen LogP contribution in [0, 0.1) is 5.82 Å². The van der Waals surface area contributed by atoms with E-state index in [1.165, 1.54) is 28.0 Å². The molecule has 1 unspecified atom stereocenters. The molecule has 7 nitrogen and oxygen atoms in total. The highest BCUT2D eigenvalue weighted by molar-refractivity contribution is 5.91. The molecule has 1 aliphatic rings. The number of amides is 2. The van der Waals surface area contributed by atoms with Crippen LogP contribution in [0.3, 0.4) is 0 Å². The summed E-state index contributed by atoms with van der Waals surface area (Å²) < 4.78 is 25.7. The molecule has 170 valence electrons. The second kappa shape index (κ2) is 10.1. The largest absolute Gasteiger partial charge is 0.444 e. The lowest BCUT2D eigenvalue weighted by Crippen LogP contribution is -2.32. The third kappa shape index (κ3) is 5.30. The van der Waals surface area contributed by atoms with Crippen molar-refractivity contribution in [1.82, 2.24) is 0 Å². The summed E-state index contributed by atoms with van der Waals surface area (Å²) in [6.07, 6.45) is -2.03. The predicted molar refractivity (Wildman–Crippen MR) is 120 cm³/mol. The van der Waals surface area contributed by atoms with Crippen LogP contribution >= 0.6 is 0 Å². The van der Waals surface area contributed by atoms with E-state index in [0.717, 1.165) is 11.1 Å². The Morgan fingerprint density at radius 1 is 1.06 bits per heavy atom. The van der Waals surface area contributed by atoms with Gasteiger partial charge in [-0.3, -0.25) is 9.80 Å². The Balaban J connectivity index is 1.58. The van der Waals surface area contributed by atoms with Crippen molar-refractivity contribution < 1.29 is 28.6 Å². The third-order valence-corrected chi connectivity index (χ3v) is 5.22. The number of cyclic esters (lactones) is 1. The number of halogens is 1. The lowest BCUT2D eigenvalue weighted by atomic mass is 10.2. The Bertz CT molecular complexity index is 1110. The SMILES string of the molecule is O=C1OC(CO)CN1c1ccc(N(Cc2ccccc2)C(=O)OCc2ccccc2)c(F)c1. The number of benzene rings is 3. The molecule has 3 aromatic rings. The van der Waals surface area contributed by atoms with Crippen LogP contribution in [0.4, 0.5) is 25.4 Å². The van der Waals surface area contributed by atoms with Crippen LogP contribution in [0.25, 0.3) is 0 Å². The van der Waals surface area contributed by atoms with Crippen molar-refractivity contribution >= 4 is 23.6 Å². The quantitative estimate of drug-likeness (QED) is 0.574. The van der Waals surface area contributed by atoms with E-state index in [0.29, 0.717) is 0 Å². The average Bonchev–Trinajstić information content (AvgIpc) is 3.23. The van der Waals surface area contributed by atoms with Gasteiger partial charge in [0.2, 0.25) is 0 Å². The van der Waals surface area contributed by atoms with E-state index in [2.05, 4.69) is 0 Å². The lowest BCUT2D eigenvalue weighted by Gasteiger charge is -2.24. The average molecular weight is 450 g/mol. The number of aliphatic hydroxyl groups is 1. The molecule has 1 fully saturated rings. The Hall–Kier alpha value is -3.91. The van der Waals surface area contributed by atoms with E-state index in [1.807, 2.05) is 60.7 Å². The Morgan fingerprint density at radius 3 is 2.33 bits per heavy atom. The zero-order chi connectivity index (χ0) is 23.2. The van der Waals surface area contributed by atoms with Crippen LogP contribution in [-0.2, 0) is 22.6 Å². The van der Waals surface area contributed by atoms with E-state index in [1.54, 1.807) is 0 Å². The highest BCUT2D eigenvalue weighted by Crippen LogP contribution is 2.29. The molecule has 2 amide bonds. The maximum atomic E-state index is 15.2. The minimum absolute atomic E-state index is 0.0203. The van der Waals surface area contributed by atoms with Gasteiger partial charge in [-0.05, 0) is 29.3 Å². The highest BCUT2D eigenvalue weighted by atomic mass is 19.1. The maximum absolute atomic E-state index is 15.2. The fraction of sp³-hybridized carbons (Fsp3) is 0.200. The van der Waals surface area contributed by atoms with E-state index < -0.39 is 24.1 Å². The first-order valence-corrected chi connectivity index (χ1v) is 10.5. The topological polar surface area (TPSA) is 79.3 Å². The Kier molecular flexibility index (Phi) is 6.85. The molecule has 0 radical (unpaired) electrons. The van der Waals surface area contributed by atoms with Crippen LogP contribution in [-0.4, -0.2) is 36.5 Å². The van der Waals surface area contributed by atoms with Gasteiger partial charge in [-0.1, -0.05) is 60.7 Å². The van der Waals surface area contributed by atoms with Gasteiger partial charge in [0, 0.05) is 0 Å². The molecule has 1 saturated heterocycles. The molecule has 1 aliphatic heterocycles. The van der Waals surface area contributed by atoms with Gasteiger partial charge in [0.05, 0.1) is 31.1 Å². The molecule has 0 spiro atoms. The summed E-state index contributed by atoms with van der Waals surface area (Å²) in [6.45, 7) is -0.0578. The summed E-state index contributed by atoms with van der Waals surface area (Å²) in [6, 6.07) is 22.5. The van der Waals surface area contributed by atoms with Gasteiger partial charge >= 0.3 is 12.2 Å². The van der Waals surface area contributed by atoms with Gasteiger partial charge in [-0.15, -0.1) is 0 Å². The van der Waals surface area contributed by atoms with E-state index >= 15 is 4.39 Å². The van der Waals surface area contributed by atoms with Crippen LogP contribution < -0.4 is 9.80 Å². The van der Waals surface area contributed by atoms with Crippen LogP contribution in [0.1, 0.15) is 11.1 Å². The van der Waals surface area contributed by atoms with Gasteiger partial charge in [-0.25, -0.2) is 14.0 Å². The van der Waals surface area contributed by atoms with Crippen molar-refractivity contribution in [3.63, 3.8) is 0 Å². The van der Waals surface area contributed by atoms with Crippen LogP contribution in [0.5, 0.6) is 0 Å². The van der Waals surface area contributed by atoms with Crippen molar-refractivity contribution in [2.24, 2.45) is 0 Å². The maximum Gasteiger partial charge on any atom is 0.415 e. The summed E-state index contributed by atoms with van der Waals surface area (Å²) in [5, 5.41) is 9.22. The molecule has 0 saturated carbocycles. The second-order valence-electron chi connectivity index (χ2n) is 7.55. The molecule has 0 aromatic heterocycles. The van der Waals surface area contributed by atoms with Crippen molar-refractivity contribution in [3.05, 3.63) is 95.8 Å². The Morgan fingerprint density at radius 2 is 1.73 bits per heavy atom. The number of nitrogens with zero attached hydrogens (tertiary/aromatic N) is 2. The van der Waals surface area contributed by atoms with Gasteiger partial charge < -0.3 is 14.6 Å². The van der Waals surface area contributed by atoms with Crippen LogP contribution in [0.15, 0.2) is 78.9 Å². The number of hydrogen-bond donors (Lipinski definition) is 1. The molecule has 0 aliphatic carbocycles. The van der Waals surface area contributed by atoms with Crippen molar-refractivity contribution in [2.75, 3.05) is 23.0 Å². The first-order chi connectivity index (χ1) is 16.0. The number of anilines is 2. The van der Waals surface area contributed by atoms with Gasteiger partial charge in [0.1, 0.15) is 18.5 Å². The summed E-state index contributed by atoms with van der Waals surface area (Å²) in [5.74, 6) is -0.694. The normalized spacial score (nSPS) is 15.3. The molecular formula is C25H23FN2O5. The predicted octanol–water partition coefficient (Wildman–Crippen LogP) is 4.49. The van der Waals surface area contributed by atoms with Gasteiger partial charge in [-0.2, -0.15) is 0 Å². The molecule has 0 bridgehead atoms. The molecular weight excluding hydrogens is 427 g/mol. The summed E-state index contributed by atoms with van der Waals surface area (Å²) in [4.78, 5) is 27.5.